The average molecular weight is 196 g/mol. The summed E-state index contributed by atoms with van der Waals surface area (Å²) in [6, 6.07) is 0. The van der Waals surface area contributed by atoms with E-state index in [-0.39, 0.29) is 17.9 Å². The molecule has 14 heavy (non-hydrogen) atoms. The number of hydrogen-bond acceptors (Lipinski definition) is 3. The number of ketones is 1. The summed E-state index contributed by atoms with van der Waals surface area (Å²) < 4.78 is 5.08. The maximum atomic E-state index is 11.7. The summed E-state index contributed by atoms with van der Waals surface area (Å²) in [5.41, 5.74) is 0.270. The zero-order valence-electron chi connectivity index (χ0n) is 9.09. The van der Waals surface area contributed by atoms with E-state index in [1.54, 1.807) is 13.0 Å². The number of esters is 1. The molecule has 1 rings (SSSR count). The number of Topliss-reactive ketones (excluding diaryl/α,β-unsaturated/α-hetero) is 1. The van der Waals surface area contributed by atoms with E-state index in [0.717, 1.165) is 0 Å². The van der Waals surface area contributed by atoms with Crippen molar-refractivity contribution in [1.29, 1.82) is 0 Å². The molecular formula is C11H16O3. The van der Waals surface area contributed by atoms with Crippen LogP contribution in [0.25, 0.3) is 0 Å². The van der Waals surface area contributed by atoms with Crippen LogP contribution in [-0.2, 0) is 14.3 Å². The molecule has 0 unspecified atom stereocenters. The Hall–Kier alpha value is -1.12. The predicted octanol–water partition coefficient (Wildman–Crippen LogP) is 1.86. The van der Waals surface area contributed by atoms with Crippen molar-refractivity contribution in [3.05, 3.63) is 11.6 Å². The predicted molar refractivity (Wildman–Crippen MR) is 52.7 cm³/mol. The Balaban J connectivity index is 2.85. The van der Waals surface area contributed by atoms with Crippen LogP contribution < -0.4 is 0 Å². The smallest absolute Gasteiger partial charge is 0.303 e. The Kier molecular flexibility index (Phi) is 2.79. The topological polar surface area (TPSA) is 43.4 Å². The first-order valence-corrected chi connectivity index (χ1v) is 4.73. The molecule has 0 heterocycles. The summed E-state index contributed by atoms with van der Waals surface area (Å²) in [5.74, 6) is -0.162. The minimum Gasteiger partial charge on any atom is -0.458 e. The lowest BCUT2D eigenvalue weighted by atomic mass is 9.75. The van der Waals surface area contributed by atoms with E-state index in [1.165, 1.54) is 6.92 Å². The molecule has 1 aliphatic carbocycles. The number of carbonyl (C=O) groups is 2. The molecule has 0 spiro atoms. The Labute approximate surface area is 84.1 Å². The number of ether oxygens (including phenoxy) is 1. The second kappa shape index (κ2) is 3.56. The molecule has 0 saturated carbocycles. The number of allylic oxidation sites excluding steroid dienone is 1. The van der Waals surface area contributed by atoms with Gasteiger partial charge in [-0.15, -0.1) is 0 Å². The molecule has 0 aliphatic heterocycles. The molecule has 78 valence electrons. The van der Waals surface area contributed by atoms with Crippen molar-refractivity contribution in [2.45, 2.75) is 40.2 Å². The van der Waals surface area contributed by atoms with E-state index in [0.29, 0.717) is 12.0 Å². The van der Waals surface area contributed by atoms with Gasteiger partial charge in [0.15, 0.2) is 5.78 Å². The first-order chi connectivity index (χ1) is 6.33. The minimum absolute atomic E-state index is 0.140. The van der Waals surface area contributed by atoms with Crippen molar-refractivity contribution in [2.24, 2.45) is 5.41 Å². The van der Waals surface area contributed by atoms with E-state index in [9.17, 15) is 9.59 Å². The Morgan fingerprint density at radius 3 is 2.57 bits per heavy atom. The zero-order chi connectivity index (χ0) is 10.9. The lowest BCUT2D eigenvalue weighted by Gasteiger charge is -2.31. The van der Waals surface area contributed by atoms with Gasteiger partial charge >= 0.3 is 5.97 Å². The highest BCUT2D eigenvalue weighted by Gasteiger charge is 2.36. The molecule has 0 saturated heterocycles. The molecule has 1 atom stereocenters. The van der Waals surface area contributed by atoms with E-state index in [1.807, 2.05) is 13.8 Å². The van der Waals surface area contributed by atoms with Crippen LogP contribution in [0.4, 0.5) is 0 Å². The number of carbonyl (C=O) groups excluding carboxylic acids is 2. The van der Waals surface area contributed by atoms with Crippen LogP contribution in [0.1, 0.15) is 34.1 Å². The molecule has 0 aromatic rings. The monoisotopic (exact) mass is 196 g/mol. The molecule has 0 aromatic heterocycles. The molecular weight excluding hydrogens is 180 g/mol. The van der Waals surface area contributed by atoms with Crippen LogP contribution in [0.3, 0.4) is 0 Å². The van der Waals surface area contributed by atoms with Gasteiger partial charge in [-0.25, -0.2) is 0 Å². The van der Waals surface area contributed by atoms with Gasteiger partial charge < -0.3 is 4.74 Å². The van der Waals surface area contributed by atoms with Gasteiger partial charge in [0.1, 0.15) is 6.10 Å². The second-order valence-corrected chi connectivity index (χ2v) is 4.41. The Bertz CT molecular complexity index is 300. The molecule has 3 nitrogen and oxygen atoms in total. The van der Waals surface area contributed by atoms with E-state index in [2.05, 4.69) is 0 Å². The van der Waals surface area contributed by atoms with Crippen LogP contribution in [0.2, 0.25) is 0 Å². The van der Waals surface area contributed by atoms with Gasteiger partial charge in [0.2, 0.25) is 0 Å². The lowest BCUT2D eigenvalue weighted by molar-refractivity contribution is -0.147. The quantitative estimate of drug-likeness (QED) is 0.601. The highest BCUT2D eigenvalue weighted by molar-refractivity contribution is 5.99. The average Bonchev–Trinajstić information content (AvgIpc) is 1.98. The molecule has 0 radical (unpaired) electrons. The molecule has 0 aromatic carbocycles. The Morgan fingerprint density at radius 1 is 1.57 bits per heavy atom. The number of hydrogen-bond donors (Lipinski definition) is 0. The fraction of sp³-hybridized carbons (Fsp3) is 0.636. The van der Waals surface area contributed by atoms with Gasteiger partial charge in [-0.3, -0.25) is 9.59 Å². The molecule has 3 heteroatoms. The van der Waals surface area contributed by atoms with Crippen molar-refractivity contribution < 1.29 is 14.3 Å². The maximum absolute atomic E-state index is 11.7. The SMILES string of the molecule is CC(=O)O[C@@H]1C=C(C)C(=O)C(C)(C)C1. The highest BCUT2D eigenvalue weighted by atomic mass is 16.5. The minimum atomic E-state index is -0.418. The summed E-state index contributed by atoms with van der Waals surface area (Å²) >= 11 is 0. The van der Waals surface area contributed by atoms with Crippen molar-refractivity contribution in [3.63, 3.8) is 0 Å². The standard InChI is InChI=1S/C11H16O3/c1-7-5-9(14-8(2)12)6-11(3,4)10(7)13/h5,9H,6H2,1-4H3/t9-/m1/s1. The van der Waals surface area contributed by atoms with Gasteiger partial charge in [0.05, 0.1) is 0 Å². The molecule has 0 bridgehead atoms. The van der Waals surface area contributed by atoms with Crippen molar-refractivity contribution in [3.8, 4) is 0 Å². The molecule has 0 fully saturated rings. The fourth-order valence-electron chi connectivity index (χ4n) is 1.83. The fourth-order valence-corrected chi connectivity index (χ4v) is 1.83. The third-order valence-corrected chi connectivity index (χ3v) is 2.44. The molecule has 1 aliphatic rings. The van der Waals surface area contributed by atoms with Crippen LogP contribution in [-0.4, -0.2) is 17.9 Å². The molecule has 0 amide bonds. The lowest BCUT2D eigenvalue weighted by Crippen LogP contribution is -2.35. The third-order valence-electron chi connectivity index (χ3n) is 2.44. The van der Waals surface area contributed by atoms with E-state index < -0.39 is 5.41 Å². The van der Waals surface area contributed by atoms with E-state index in [4.69, 9.17) is 4.74 Å². The summed E-state index contributed by atoms with van der Waals surface area (Å²) in [4.78, 5) is 22.4. The van der Waals surface area contributed by atoms with E-state index >= 15 is 0 Å². The van der Waals surface area contributed by atoms with Crippen LogP contribution in [0.5, 0.6) is 0 Å². The highest BCUT2D eigenvalue weighted by Crippen LogP contribution is 2.33. The number of rotatable bonds is 1. The first kappa shape index (κ1) is 11.0. The zero-order valence-corrected chi connectivity index (χ0v) is 9.09. The van der Waals surface area contributed by atoms with Gasteiger partial charge in [0.25, 0.3) is 0 Å². The second-order valence-electron chi connectivity index (χ2n) is 4.41. The largest absolute Gasteiger partial charge is 0.458 e. The van der Waals surface area contributed by atoms with Crippen molar-refractivity contribution in [2.75, 3.05) is 0 Å². The van der Waals surface area contributed by atoms with Crippen molar-refractivity contribution >= 4 is 11.8 Å². The van der Waals surface area contributed by atoms with Crippen molar-refractivity contribution in [1.82, 2.24) is 0 Å². The summed E-state index contributed by atoms with van der Waals surface area (Å²) in [6.45, 7) is 6.90. The van der Waals surface area contributed by atoms with Gasteiger partial charge in [-0.05, 0) is 18.6 Å². The van der Waals surface area contributed by atoms with Crippen LogP contribution >= 0.6 is 0 Å². The van der Waals surface area contributed by atoms with Crippen LogP contribution in [0, 0.1) is 5.41 Å². The summed E-state index contributed by atoms with van der Waals surface area (Å²) in [6.07, 6.45) is 2.05. The summed E-state index contributed by atoms with van der Waals surface area (Å²) in [5, 5.41) is 0. The first-order valence-electron chi connectivity index (χ1n) is 4.73. The van der Waals surface area contributed by atoms with Gasteiger partial charge in [0, 0.05) is 18.8 Å². The van der Waals surface area contributed by atoms with Gasteiger partial charge in [-0.2, -0.15) is 0 Å². The normalized spacial score (nSPS) is 25.6. The van der Waals surface area contributed by atoms with Gasteiger partial charge in [-0.1, -0.05) is 13.8 Å². The van der Waals surface area contributed by atoms with Crippen LogP contribution in [0.15, 0.2) is 11.6 Å². The third kappa shape index (κ3) is 2.22. The Morgan fingerprint density at radius 2 is 2.14 bits per heavy atom. The summed E-state index contributed by atoms with van der Waals surface area (Å²) in [7, 11) is 0. The molecule has 0 N–H and O–H groups in total. The maximum Gasteiger partial charge on any atom is 0.303 e.